The summed E-state index contributed by atoms with van der Waals surface area (Å²) < 4.78 is 1.59. The molecule has 3 heterocycles. The van der Waals surface area contributed by atoms with Crippen LogP contribution >= 0.6 is 0 Å². The van der Waals surface area contributed by atoms with Gasteiger partial charge in [0.1, 0.15) is 5.56 Å². The Labute approximate surface area is 176 Å². The van der Waals surface area contributed by atoms with Gasteiger partial charge in [0.25, 0.3) is 11.5 Å². The first-order valence-electron chi connectivity index (χ1n) is 10.6. The second-order valence-corrected chi connectivity index (χ2v) is 8.86. The minimum atomic E-state index is -0.219. The average molecular weight is 402 g/mol. The Morgan fingerprint density at radius 3 is 2.50 bits per heavy atom. The summed E-state index contributed by atoms with van der Waals surface area (Å²) in [7, 11) is 3.92. The fourth-order valence-electron chi connectivity index (χ4n) is 5.56. The Hall–Kier alpha value is -2.92. The Morgan fingerprint density at radius 2 is 1.70 bits per heavy atom. The number of amides is 1. The Bertz CT molecular complexity index is 1200. The molecule has 1 amide bonds. The smallest absolute Gasteiger partial charge is 0.263 e. The first kappa shape index (κ1) is 19.1. The van der Waals surface area contributed by atoms with E-state index in [4.69, 9.17) is 0 Å². The minimum Gasteiger partial charge on any atom is -0.338 e. The second-order valence-electron chi connectivity index (χ2n) is 8.86. The van der Waals surface area contributed by atoms with Gasteiger partial charge in [-0.1, -0.05) is 42.5 Å². The maximum Gasteiger partial charge on any atom is 0.263 e. The molecular formula is C25H27N3O2. The van der Waals surface area contributed by atoms with Crippen molar-refractivity contribution >= 4 is 16.8 Å². The van der Waals surface area contributed by atoms with Crippen molar-refractivity contribution in [3.8, 4) is 0 Å². The van der Waals surface area contributed by atoms with Gasteiger partial charge < -0.3 is 9.47 Å². The molecule has 30 heavy (non-hydrogen) atoms. The van der Waals surface area contributed by atoms with Crippen molar-refractivity contribution in [1.29, 1.82) is 0 Å². The maximum atomic E-state index is 13.4. The van der Waals surface area contributed by atoms with Crippen molar-refractivity contribution in [2.24, 2.45) is 18.9 Å². The van der Waals surface area contributed by atoms with E-state index in [-0.39, 0.29) is 17.0 Å². The van der Waals surface area contributed by atoms with Crippen LogP contribution in [0.3, 0.4) is 0 Å². The highest BCUT2D eigenvalue weighted by Gasteiger charge is 2.47. The van der Waals surface area contributed by atoms with Crippen LogP contribution in [0.2, 0.25) is 0 Å². The molecule has 2 saturated heterocycles. The highest BCUT2D eigenvalue weighted by Crippen LogP contribution is 2.45. The van der Waals surface area contributed by atoms with Crippen molar-refractivity contribution in [3.05, 3.63) is 81.6 Å². The highest BCUT2D eigenvalue weighted by atomic mass is 16.2. The number of hydrogen-bond acceptors (Lipinski definition) is 3. The molecule has 154 valence electrons. The summed E-state index contributed by atoms with van der Waals surface area (Å²) >= 11 is 0. The van der Waals surface area contributed by atoms with Crippen LogP contribution in [-0.2, 0) is 7.05 Å². The van der Waals surface area contributed by atoms with Gasteiger partial charge in [-0.25, -0.2) is 0 Å². The number of rotatable bonds is 2. The summed E-state index contributed by atoms with van der Waals surface area (Å²) in [6, 6.07) is 18.3. The van der Waals surface area contributed by atoms with Crippen molar-refractivity contribution < 1.29 is 4.79 Å². The molecule has 0 spiro atoms. The lowest BCUT2D eigenvalue weighted by atomic mass is 9.88. The molecule has 1 aromatic heterocycles. The number of nitrogens with zero attached hydrogens (tertiary/aromatic N) is 3. The molecule has 2 aromatic carbocycles. The lowest BCUT2D eigenvalue weighted by Gasteiger charge is -2.28. The van der Waals surface area contributed by atoms with Crippen molar-refractivity contribution in [2.45, 2.75) is 13.0 Å². The molecule has 0 aliphatic carbocycles. The van der Waals surface area contributed by atoms with Crippen molar-refractivity contribution in [1.82, 2.24) is 14.4 Å². The quantitative estimate of drug-likeness (QED) is 0.662. The number of pyridine rings is 1. The van der Waals surface area contributed by atoms with Crippen LogP contribution < -0.4 is 5.56 Å². The average Bonchev–Trinajstić information content (AvgIpc) is 3.27. The number of benzene rings is 2. The first-order valence-corrected chi connectivity index (χ1v) is 10.6. The van der Waals surface area contributed by atoms with E-state index in [2.05, 4.69) is 43.1 Å². The van der Waals surface area contributed by atoms with Crippen LogP contribution in [0.4, 0.5) is 0 Å². The molecule has 2 aliphatic rings. The SMILES string of the molecule is Cc1ccccc1[C@H]1[C@@H]2CN(C(=O)c3cc4ccccc4n(C)c3=O)C[C@@H]2CN1C. The van der Waals surface area contributed by atoms with Gasteiger partial charge in [0.05, 0.1) is 5.52 Å². The molecule has 5 rings (SSSR count). The third-order valence-corrected chi connectivity index (χ3v) is 7.05. The molecule has 2 fully saturated rings. The molecule has 5 nitrogen and oxygen atoms in total. The molecule has 0 radical (unpaired) electrons. The maximum absolute atomic E-state index is 13.4. The predicted molar refractivity (Wildman–Crippen MR) is 119 cm³/mol. The zero-order valence-corrected chi connectivity index (χ0v) is 17.7. The summed E-state index contributed by atoms with van der Waals surface area (Å²) in [4.78, 5) is 30.6. The van der Waals surface area contributed by atoms with Crippen LogP contribution in [0.1, 0.15) is 27.5 Å². The number of carbonyl (C=O) groups excluding carboxylic acids is 1. The van der Waals surface area contributed by atoms with Gasteiger partial charge >= 0.3 is 0 Å². The fraction of sp³-hybridized carbons (Fsp3) is 0.360. The van der Waals surface area contributed by atoms with E-state index >= 15 is 0 Å². The van der Waals surface area contributed by atoms with Crippen LogP contribution in [-0.4, -0.2) is 47.0 Å². The molecule has 0 N–H and O–H groups in total. The van der Waals surface area contributed by atoms with Crippen molar-refractivity contribution in [2.75, 3.05) is 26.7 Å². The third kappa shape index (κ3) is 2.88. The summed E-state index contributed by atoms with van der Waals surface area (Å²) in [5, 5.41) is 0.917. The molecule has 2 aliphatic heterocycles. The summed E-state index contributed by atoms with van der Waals surface area (Å²) in [5.74, 6) is 0.694. The van der Waals surface area contributed by atoms with E-state index in [1.165, 1.54) is 11.1 Å². The first-order chi connectivity index (χ1) is 14.5. The monoisotopic (exact) mass is 401 g/mol. The molecule has 0 bridgehead atoms. The molecular weight excluding hydrogens is 374 g/mol. The van der Waals surface area contributed by atoms with E-state index < -0.39 is 0 Å². The summed E-state index contributed by atoms with van der Waals surface area (Å²) in [5.41, 5.74) is 3.55. The molecule has 3 aromatic rings. The minimum absolute atomic E-state index is 0.137. The molecule has 0 unspecified atom stereocenters. The van der Waals surface area contributed by atoms with Crippen LogP contribution in [0.25, 0.3) is 10.9 Å². The van der Waals surface area contributed by atoms with E-state index in [0.717, 1.165) is 17.4 Å². The van der Waals surface area contributed by atoms with Crippen LogP contribution in [0.5, 0.6) is 0 Å². The normalized spacial score (nSPS) is 23.8. The van der Waals surface area contributed by atoms with Crippen molar-refractivity contribution in [3.63, 3.8) is 0 Å². The summed E-state index contributed by atoms with van der Waals surface area (Å²) in [6.07, 6.45) is 0. The number of aryl methyl sites for hydroxylation is 2. The van der Waals surface area contributed by atoms with Gasteiger partial charge in [-0.05, 0) is 48.5 Å². The molecule has 3 atom stereocenters. The topological polar surface area (TPSA) is 45.6 Å². The van der Waals surface area contributed by atoms with Crippen LogP contribution in [0, 0.1) is 18.8 Å². The number of aromatic nitrogens is 1. The van der Waals surface area contributed by atoms with Gasteiger partial charge in [0, 0.05) is 38.6 Å². The van der Waals surface area contributed by atoms with Gasteiger partial charge in [0.2, 0.25) is 0 Å². The number of likely N-dealkylation sites (tertiary alicyclic amines) is 2. The standard InChI is InChI=1S/C25H27N3O2/c1-16-8-4-6-10-19(16)23-21-15-28(14-18(21)13-26(23)2)25(30)20-12-17-9-5-7-11-22(17)27(3)24(20)29/h4-12,18,21,23H,13-15H2,1-3H3/t18-,21+,23-/m0/s1. The number of para-hydroxylation sites is 1. The lowest BCUT2D eigenvalue weighted by Crippen LogP contribution is -2.37. The Balaban J connectivity index is 1.46. The number of hydrogen-bond donors (Lipinski definition) is 0. The van der Waals surface area contributed by atoms with Gasteiger partial charge in [0.15, 0.2) is 0 Å². The lowest BCUT2D eigenvalue weighted by molar-refractivity contribution is 0.0765. The van der Waals surface area contributed by atoms with Crippen LogP contribution in [0.15, 0.2) is 59.4 Å². The van der Waals surface area contributed by atoms with Gasteiger partial charge in [-0.3, -0.25) is 14.5 Å². The zero-order valence-electron chi connectivity index (χ0n) is 17.7. The zero-order chi connectivity index (χ0) is 21.0. The predicted octanol–water partition coefficient (Wildman–Crippen LogP) is 3.22. The Kier molecular flexibility index (Phi) is 4.51. The number of carbonyl (C=O) groups is 1. The highest BCUT2D eigenvalue weighted by molar-refractivity contribution is 5.97. The van der Waals surface area contributed by atoms with Gasteiger partial charge in [-0.2, -0.15) is 0 Å². The van der Waals surface area contributed by atoms with Gasteiger partial charge in [-0.15, -0.1) is 0 Å². The Morgan fingerprint density at radius 1 is 0.967 bits per heavy atom. The van der Waals surface area contributed by atoms with E-state index in [0.29, 0.717) is 31.0 Å². The third-order valence-electron chi connectivity index (χ3n) is 7.05. The summed E-state index contributed by atoms with van der Waals surface area (Å²) in [6.45, 7) is 4.55. The molecule has 5 heteroatoms. The van der Waals surface area contributed by atoms with E-state index in [1.807, 2.05) is 29.2 Å². The fourth-order valence-corrected chi connectivity index (χ4v) is 5.56. The largest absolute Gasteiger partial charge is 0.338 e. The van der Waals surface area contributed by atoms with E-state index in [1.54, 1.807) is 17.7 Å². The molecule has 0 saturated carbocycles. The second kappa shape index (κ2) is 7.10. The van der Waals surface area contributed by atoms with E-state index in [9.17, 15) is 9.59 Å². The number of fused-ring (bicyclic) bond motifs is 2.